The van der Waals surface area contributed by atoms with Crippen molar-refractivity contribution in [2.45, 2.75) is 72.6 Å². The summed E-state index contributed by atoms with van der Waals surface area (Å²) in [4.78, 5) is 40.8. The number of rotatable bonds is 6. The molecule has 4 rings (SSSR count). The maximum absolute atomic E-state index is 13.6. The van der Waals surface area contributed by atoms with E-state index in [1.807, 2.05) is 56.3 Å². The van der Waals surface area contributed by atoms with Gasteiger partial charge in [-0.05, 0) is 73.6 Å². The lowest BCUT2D eigenvalue weighted by Crippen LogP contribution is -2.29. The number of benzene rings is 3. The van der Waals surface area contributed by atoms with Crippen LogP contribution in [0.4, 0.5) is 0 Å². The molecule has 1 heterocycles. The zero-order valence-corrected chi connectivity index (χ0v) is 24.2. The molecule has 1 amide bonds. The van der Waals surface area contributed by atoms with Crippen molar-refractivity contribution in [1.29, 1.82) is 0 Å². The van der Waals surface area contributed by atoms with Crippen LogP contribution < -0.4 is 0 Å². The average Bonchev–Trinajstić information content (AvgIpc) is 3.13. The molecule has 0 saturated carbocycles. The Hall–Kier alpha value is -4.19. The number of ether oxygens (including phenoxy) is 1. The van der Waals surface area contributed by atoms with Crippen LogP contribution in [-0.2, 0) is 26.3 Å². The number of hydrogen-bond donors (Lipinski definition) is 1. The molecule has 0 aromatic heterocycles. The van der Waals surface area contributed by atoms with Crippen LogP contribution >= 0.6 is 0 Å². The Morgan fingerprint density at radius 2 is 1.65 bits per heavy atom. The number of esters is 1. The first kappa shape index (κ1) is 28.8. The zero-order chi connectivity index (χ0) is 29.4. The van der Waals surface area contributed by atoms with E-state index in [4.69, 9.17) is 4.74 Å². The summed E-state index contributed by atoms with van der Waals surface area (Å²) in [5, 5.41) is 11.7. The molecule has 1 fully saturated rings. The second-order valence-corrected chi connectivity index (χ2v) is 11.8. The lowest BCUT2D eigenvalue weighted by atomic mass is 9.84. The van der Waals surface area contributed by atoms with Gasteiger partial charge in [0.05, 0.1) is 23.3 Å². The van der Waals surface area contributed by atoms with Crippen molar-refractivity contribution in [3.05, 3.63) is 111 Å². The predicted molar refractivity (Wildman–Crippen MR) is 156 cm³/mol. The molecule has 40 heavy (non-hydrogen) atoms. The number of hydrogen-bond acceptors (Lipinski definition) is 5. The molecular weight excluding hydrogens is 502 g/mol. The number of carbonyl (C=O) groups excluding carboxylic acids is 3. The molecular formula is C34H37NO5. The summed E-state index contributed by atoms with van der Waals surface area (Å²) in [6.45, 7) is 13.8. The summed E-state index contributed by atoms with van der Waals surface area (Å²) in [7, 11) is 0. The van der Waals surface area contributed by atoms with Crippen LogP contribution in [0.25, 0.3) is 5.76 Å². The monoisotopic (exact) mass is 539 g/mol. The summed E-state index contributed by atoms with van der Waals surface area (Å²) in [6.07, 6.45) is -0.235. The maximum atomic E-state index is 13.6. The molecule has 1 saturated heterocycles. The number of aliphatic hydroxyl groups excluding tert-OH is 1. The van der Waals surface area contributed by atoms with Gasteiger partial charge in [-0.2, -0.15) is 0 Å². The van der Waals surface area contributed by atoms with E-state index in [9.17, 15) is 19.5 Å². The number of aryl methyl sites for hydroxylation is 2. The first-order chi connectivity index (χ1) is 18.8. The van der Waals surface area contributed by atoms with Crippen LogP contribution in [0.3, 0.4) is 0 Å². The molecule has 6 nitrogen and oxygen atoms in total. The van der Waals surface area contributed by atoms with Gasteiger partial charge in [0.1, 0.15) is 5.76 Å². The summed E-state index contributed by atoms with van der Waals surface area (Å²) in [5.41, 5.74) is 5.12. The van der Waals surface area contributed by atoms with Crippen LogP contribution in [0.2, 0.25) is 0 Å². The SMILES string of the molecule is Cc1cccc(C2/C(=C(\O)c3cc(C(C)(C)C)ccc3C)C(=O)C(=O)N2Cc2ccc(C(=O)OC(C)C)cc2)c1. The van der Waals surface area contributed by atoms with Gasteiger partial charge in [0.15, 0.2) is 0 Å². The van der Waals surface area contributed by atoms with E-state index < -0.39 is 23.7 Å². The van der Waals surface area contributed by atoms with Gasteiger partial charge in [0, 0.05) is 12.1 Å². The zero-order valence-electron chi connectivity index (χ0n) is 24.2. The van der Waals surface area contributed by atoms with E-state index in [2.05, 4.69) is 20.8 Å². The largest absolute Gasteiger partial charge is 0.507 e. The Morgan fingerprint density at radius 3 is 2.25 bits per heavy atom. The van der Waals surface area contributed by atoms with Gasteiger partial charge < -0.3 is 14.7 Å². The molecule has 3 aromatic carbocycles. The summed E-state index contributed by atoms with van der Waals surface area (Å²) in [6, 6.07) is 19.5. The van der Waals surface area contributed by atoms with Gasteiger partial charge in [-0.25, -0.2) is 4.79 Å². The van der Waals surface area contributed by atoms with Crippen molar-refractivity contribution < 1.29 is 24.2 Å². The molecule has 0 aliphatic carbocycles. The molecule has 208 valence electrons. The third-order valence-electron chi connectivity index (χ3n) is 7.14. The fraction of sp³-hybridized carbons (Fsp3) is 0.324. The van der Waals surface area contributed by atoms with Crippen molar-refractivity contribution in [3.8, 4) is 0 Å². The molecule has 1 atom stereocenters. The fourth-order valence-corrected chi connectivity index (χ4v) is 4.94. The van der Waals surface area contributed by atoms with Crippen molar-refractivity contribution >= 4 is 23.4 Å². The van der Waals surface area contributed by atoms with E-state index in [1.54, 1.807) is 38.1 Å². The van der Waals surface area contributed by atoms with Crippen molar-refractivity contribution in [2.24, 2.45) is 0 Å². The van der Waals surface area contributed by atoms with E-state index in [0.717, 1.165) is 27.8 Å². The summed E-state index contributed by atoms with van der Waals surface area (Å²) in [5.74, 6) is -2.00. The molecule has 6 heteroatoms. The number of likely N-dealkylation sites (tertiary alicyclic amines) is 1. The van der Waals surface area contributed by atoms with E-state index >= 15 is 0 Å². The molecule has 0 bridgehead atoms. The normalized spacial score (nSPS) is 17.0. The first-order valence-corrected chi connectivity index (χ1v) is 13.5. The molecule has 1 unspecified atom stereocenters. The van der Waals surface area contributed by atoms with Gasteiger partial charge in [-0.1, -0.05) is 74.9 Å². The Kier molecular flexibility index (Phi) is 8.01. The standard InChI is InChI=1S/C34H37NO5/c1-20(2)40-33(39)24-14-12-23(13-15-24)19-35-29(25-10-8-9-21(3)17-25)28(31(37)32(35)38)30(36)27-18-26(34(5,6)7)16-11-22(27)4/h8-18,20,29,36H,19H2,1-7H3/b30-28+. The van der Waals surface area contributed by atoms with Crippen LogP contribution in [0.5, 0.6) is 0 Å². The lowest BCUT2D eigenvalue weighted by Gasteiger charge is -2.26. The maximum Gasteiger partial charge on any atom is 0.338 e. The minimum absolute atomic E-state index is 0.0712. The van der Waals surface area contributed by atoms with Gasteiger partial charge in [0.2, 0.25) is 0 Å². The Labute approximate surface area is 236 Å². The summed E-state index contributed by atoms with van der Waals surface area (Å²) < 4.78 is 5.27. The minimum Gasteiger partial charge on any atom is -0.507 e. The van der Waals surface area contributed by atoms with Crippen LogP contribution in [0.1, 0.15) is 84.4 Å². The van der Waals surface area contributed by atoms with Gasteiger partial charge in [-0.3, -0.25) is 9.59 Å². The molecule has 0 radical (unpaired) electrons. The van der Waals surface area contributed by atoms with Gasteiger partial charge >= 0.3 is 5.97 Å². The number of carbonyl (C=O) groups is 3. The van der Waals surface area contributed by atoms with Crippen molar-refractivity contribution in [2.75, 3.05) is 0 Å². The highest BCUT2D eigenvalue weighted by atomic mass is 16.5. The average molecular weight is 540 g/mol. The van der Waals surface area contributed by atoms with E-state index in [1.165, 1.54) is 4.90 Å². The van der Waals surface area contributed by atoms with Crippen molar-refractivity contribution in [1.82, 2.24) is 4.90 Å². The number of nitrogens with zero attached hydrogens (tertiary/aromatic N) is 1. The molecule has 3 aromatic rings. The number of aliphatic hydroxyl groups is 1. The highest BCUT2D eigenvalue weighted by Gasteiger charge is 2.46. The predicted octanol–water partition coefficient (Wildman–Crippen LogP) is 6.79. The topological polar surface area (TPSA) is 83.9 Å². The van der Waals surface area contributed by atoms with Crippen LogP contribution in [0.15, 0.2) is 72.3 Å². The highest BCUT2D eigenvalue weighted by molar-refractivity contribution is 6.46. The smallest absolute Gasteiger partial charge is 0.338 e. The molecule has 1 aliphatic rings. The first-order valence-electron chi connectivity index (χ1n) is 13.5. The van der Waals surface area contributed by atoms with E-state index in [0.29, 0.717) is 11.1 Å². The minimum atomic E-state index is -0.775. The Balaban J connectivity index is 1.81. The summed E-state index contributed by atoms with van der Waals surface area (Å²) >= 11 is 0. The number of amides is 1. The van der Waals surface area contributed by atoms with E-state index in [-0.39, 0.29) is 29.4 Å². The van der Waals surface area contributed by atoms with Crippen LogP contribution in [0, 0.1) is 13.8 Å². The molecule has 1 N–H and O–H groups in total. The second kappa shape index (κ2) is 11.1. The fourth-order valence-electron chi connectivity index (χ4n) is 4.94. The number of ketones is 1. The molecule has 1 aliphatic heterocycles. The number of Topliss-reactive ketones (excluding diaryl/α,β-unsaturated/α-hetero) is 1. The second-order valence-electron chi connectivity index (χ2n) is 11.8. The highest BCUT2D eigenvalue weighted by Crippen LogP contribution is 2.41. The lowest BCUT2D eigenvalue weighted by molar-refractivity contribution is -0.140. The third kappa shape index (κ3) is 5.86. The van der Waals surface area contributed by atoms with Gasteiger partial charge in [-0.15, -0.1) is 0 Å². The Bertz CT molecular complexity index is 1490. The Morgan fingerprint density at radius 1 is 0.975 bits per heavy atom. The quantitative estimate of drug-likeness (QED) is 0.161. The molecule has 0 spiro atoms. The van der Waals surface area contributed by atoms with Crippen molar-refractivity contribution in [3.63, 3.8) is 0 Å². The third-order valence-corrected chi connectivity index (χ3v) is 7.14. The van der Waals surface area contributed by atoms with Gasteiger partial charge in [0.25, 0.3) is 11.7 Å². The van der Waals surface area contributed by atoms with Crippen LogP contribution in [-0.4, -0.2) is 33.8 Å².